The van der Waals surface area contributed by atoms with Crippen LogP contribution in [0.3, 0.4) is 0 Å². The highest BCUT2D eigenvalue weighted by molar-refractivity contribution is 6.06. The van der Waals surface area contributed by atoms with Crippen molar-refractivity contribution in [2.24, 2.45) is 11.8 Å². The number of nitrogens with zero attached hydrogens (tertiary/aromatic N) is 1. The van der Waals surface area contributed by atoms with Crippen molar-refractivity contribution in [3.8, 4) is 11.1 Å². The quantitative estimate of drug-likeness (QED) is 0.651. The van der Waals surface area contributed by atoms with E-state index in [2.05, 4.69) is 34.7 Å². The predicted octanol–water partition coefficient (Wildman–Crippen LogP) is 3.84. The second kappa shape index (κ2) is 8.23. The largest absolute Gasteiger partial charge is 0.323 e. The highest BCUT2D eigenvalue weighted by Crippen LogP contribution is 2.35. The van der Waals surface area contributed by atoms with Crippen LogP contribution in [0.4, 0.5) is 5.69 Å². The molecule has 1 aromatic heterocycles. The molecule has 2 saturated carbocycles. The number of nitrogens with one attached hydrogen (secondary N) is 2. The third-order valence-electron chi connectivity index (χ3n) is 5.43. The maximum atomic E-state index is 12.6. The van der Waals surface area contributed by atoms with Crippen LogP contribution in [-0.4, -0.2) is 29.8 Å². The molecule has 2 fully saturated rings. The Morgan fingerprint density at radius 3 is 2.64 bits per heavy atom. The average molecular weight is 377 g/mol. The summed E-state index contributed by atoms with van der Waals surface area (Å²) in [5.41, 5.74) is 4.09. The van der Waals surface area contributed by atoms with E-state index in [0.717, 1.165) is 42.9 Å². The number of anilines is 1. The SMILES string of the molecule is CCc1cccc(-c2cnc(C(=O)C3CC3)c(NC(=O)CNCC3CC3)c2)c1. The van der Waals surface area contributed by atoms with Crippen molar-refractivity contribution in [1.29, 1.82) is 0 Å². The number of carbonyl (C=O) groups is 2. The van der Waals surface area contributed by atoms with Gasteiger partial charge in [-0.15, -0.1) is 0 Å². The average Bonchev–Trinajstić information content (AvgIpc) is 3.61. The van der Waals surface area contributed by atoms with Crippen LogP contribution in [0.2, 0.25) is 0 Å². The molecule has 5 heteroatoms. The van der Waals surface area contributed by atoms with Gasteiger partial charge in [0, 0.05) is 17.7 Å². The maximum absolute atomic E-state index is 12.6. The fourth-order valence-electron chi connectivity index (χ4n) is 3.33. The molecular weight excluding hydrogens is 350 g/mol. The maximum Gasteiger partial charge on any atom is 0.238 e. The van der Waals surface area contributed by atoms with Gasteiger partial charge in [0.1, 0.15) is 5.69 Å². The Balaban J connectivity index is 1.56. The number of rotatable bonds is 9. The first-order valence-electron chi connectivity index (χ1n) is 10.3. The number of hydrogen-bond donors (Lipinski definition) is 2. The van der Waals surface area contributed by atoms with Gasteiger partial charge in [-0.25, -0.2) is 0 Å². The Kier molecular flexibility index (Phi) is 5.53. The lowest BCUT2D eigenvalue weighted by Crippen LogP contribution is -2.30. The molecule has 0 radical (unpaired) electrons. The van der Waals surface area contributed by atoms with E-state index < -0.39 is 0 Å². The minimum Gasteiger partial charge on any atom is -0.323 e. The second-order valence-corrected chi connectivity index (χ2v) is 7.94. The summed E-state index contributed by atoms with van der Waals surface area (Å²) < 4.78 is 0. The van der Waals surface area contributed by atoms with Gasteiger partial charge in [-0.2, -0.15) is 0 Å². The first-order chi connectivity index (χ1) is 13.6. The fraction of sp³-hybridized carbons (Fsp3) is 0.435. The summed E-state index contributed by atoms with van der Waals surface area (Å²) in [4.78, 5) is 29.5. The lowest BCUT2D eigenvalue weighted by atomic mass is 10.0. The summed E-state index contributed by atoms with van der Waals surface area (Å²) in [6.07, 6.45) is 7.02. The van der Waals surface area contributed by atoms with Gasteiger partial charge in [-0.05, 0) is 61.8 Å². The topological polar surface area (TPSA) is 71.1 Å². The fourth-order valence-corrected chi connectivity index (χ4v) is 3.33. The molecule has 2 aromatic rings. The van der Waals surface area contributed by atoms with Gasteiger partial charge in [0.2, 0.25) is 5.91 Å². The number of Topliss-reactive ketones (excluding diaryl/α,β-unsaturated/α-hetero) is 1. The molecule has 4 rings (SSSR count). The van der Waals surface area contributed by atoms with Gasteiger partial charge < -0.3 is 10.6 Å². The Labute approximate surface area is 165 Å². The summed E-state index contributed by atoms with van der Waals surface area (Å²) in [6.45, 7) is 3.25. The van der Waals surface area contributed by atoms with Crippen LogP contribution in [0, 0.1) is 11.8 Å². The van der Waals surface area contributed by atoms with E-state index in [-0.39, 0.29) is 24.2 Å². The van der Waals surface area contributed by atoms with E-state index in [1.54, 1.807) is 6.20 Å². The molecule has 146 valence electrons. The number of benzene rings is 1. The van der Waals surface area contributed by atoms with Crippen LogP contribution >= 0.6 is 0 Å². The van der Waals surface area contributed by atoms with Crippen LogP contribution in [-0.2, 0) is 11.2 Å². The molecule has 0 saturated heterocycles. The molecule has 28 heavy (non-hydrogen) atoms. The van der Waals surface area contributed by atoms with Crippen LogP contribution in [0.1, 0.15) is 48.7 Å². The molecule has 1 heterocycles. The number of aromatic nitrogens is 1. The van der Waals surface area contributed by atoms with Crippen LogP contribution in [0.15, 0.2) is 36.5 Å². The zero-order valence-corrected chi connectivity index (χ0v) is 16.3. The summed E-state index contributed by atoms with van der Waals surface area (Å²) in [7, 11) is 0. The molecule has 2 aliphatic carbocycles. The van der Waals surface area contributed by atoms with Gasteiger partial charge in [-0.1, -0.05) is 31.2 Å². The normalized spacial score (nSPS) is 16.0. The van der Waals surface area contributed by atoms with E-state index in [1.807, 2.05) is 18.2 Å². The van der Waals surface area contributed by atoms with Gasteiger partial charge in [0.05, 0.1) is 12.2 Å². The minimum absolute atomic E-state index is 0.0371. The minimum atomic E-state index is -0.133. The van der Waals surface area contributed by atoms with Gasteiger partial charge in [-0.3, -0.25) is 14.6 Å². The van der Waals surface area contributed by atoms with E-state index >= 15 is 0 Å². The molecule has 1 aromatic carbocycles. The van der Waals surface area contributed by atoms with Gasteiger partial charge in [0.25, 0.3) is 0 Å². The molecule has 0 aliphatic heterocycles. The molecule has 5 nitrogen and oxygen atoms in total. The van der Waals surface area contributed by atoms with Crippen LogP contribution < -0.4 is 10.6 Å². The van der Waals surface area contributed by atoms with Gasteiger partial charge in [0.15, 0.2) is 5.78 Å². The standard InChI is InChI=1S/C23H27N3O2/c1-2-15-4-3-5-18(10-15)19-11-20(22(25-13-19)23(28)17-8-9-17)26-21(27)14-24-12-16-6-7-16/h3-5,10-11,13,16-17,24H,2,6-9,12,14H2,1H3,(H,26,27). The lowest BCUT2D eigenvalue weighted by molar-refractivity contribution is -0.115. The molecule has 0 bridgehead atoms. The first kappa shape index (κ1) is 18.8. The van der Waals surface area contributed by atoms with E-state index in [9.17, 15) is 9.59 Å². The van der Waals surface area contributed by atoms with Crippen molar-refractivity contribution in [3.05, 3.63) is 47.8 Å². The number of pyridine rings is 1. The summed E-state index contributed by atoms with van der Waals surface area (Å²) in [5.74, 6) is 0.683. The Morgan fingerprint density at radius 1 is 1.11 bits per heavy atom. The van der Waals surface area contributed by atoms with Crippen LogP contribution in [0.25, 0.3) is 11.1 Å². The molecule has 1 amide bonds. The van der Waals surface area contributed by atoms with Gasteiger partial charge >= 0.3 is 0 Å². The van der Waals surface area contributed by atoms with E-state index in [1.165, 1.54) is 18.4 Å². The molecular formula is C23H27N3O2. The number of aryl methyl sites for hydroxylation is 1. The van der Waals surface area contributed by atoms with Crippen molar-refractivity contribution < 1.29 is 9.59 Å². The van der Waals surface area contributed by atoms with Crippen molar-refractivity contribution in [2.45, 2.75) is 39.0 Å². The highest BCUT2D eigenvalue weighted by atomic mass is 16.2. The summed E-state index contributed by atoms with van der Waals surface area (Å²) in [5, 5.41) is 6.12. The molecule has 0 unspecified atom stereocenters. The Morgan fingerprint density at radius 2 is 1.93 bits per heavy atom. The molecule has 0 spiro atoms. The Bertz CT molecular complexity index is 885. The highest BCUT2D eigenvalue weighted by Gasteiger charge is 2.33. The smallest absolute Gasteiger partial charge is 0.238 e. The summed E-state index contributed by atoms with van der Waals surface area (Å²) in [6, 6.07) is 10.2. The number of hydrogen-bond acceptors (Lipinski definition) is 4. The lowest BCUT2D eigenvalue weighted by Gasteiger charge is -2.13. The number of amides is 1. The predicted molar refractivity (Wildman–Crippen MR) is 110 cm³/mol. The first-order valence-corrected chi connectivity index (χ1v) is 10.3. The molecule has 2 N–H and O–H groups in total. The zero-order valence-electron chi connectivity index (χ0n) is 16.3. The van der Waals surface area contributed by atoms with Crippen molar-refractivity contribution >= 4 is 17.4 Å². The zero-order chi connectivity index (χ0) is 19.5. The van der Waals surface area contributed by atoms with Crippen molar-refractivity contribution in [3.63, 3.8) is 0 Å². The number of ketones is 1. The molecule has 2 aliphatic rings. The van der Waals surface area contributed by atoms with E-state index in [0.29, 0.717) is 11.4 Å². The summed E-state index contributed by atoms with van der Waals surface area (Å²) >= 11 is 0. The van der Waals surface area contributed by atoms with Crippen molar-refractivity contribution in [2.75, 3.05) is 18.4 Å². The Hall–Kier alpha value is -2.53. The van der Waals surface area contributed by atoms with Crippen LogP contribution in [0.5, 0.6) is 0 Å². The third kappa shape index (κ3) is 4.65. The second-order valence-electron chi connectivity index (χ2n) is 7.94. The van der Waals surface area contributed by atoms with E-state index in [4.69, 9.17) is 0 Å². The number of carbonyl (C=O) groups excluding carboxylic acids is 2. The third-order valence-corrected chi connectivity index (χ3v) is 5.43. The van der Waals surface area contributed by atoms with Crippen molar-refractivity contribution in [1.82, 2.24) is 10.3 Å². The molecule has 0 atom stereocenters. The monoisotopic (exact) mass is 377 g/mol.